The van der Waals surface area contributed by atoms with Crippen LogP contribution in [0.1, 0.15) is 53.7 Å². The second kappa shape index (κ2) is 11.4. The number of benzene rings is 2. The lowest BCUT2D eigenvalue weighted by Crippen LogP contribution is -2.35. The average molecular weight is 427 g/mol. The molecule has 0 atom stereocenters. The molecule has 6 nitrogen and oxygen atoms in total. The predicted octanol–water partition coefficient (Wildman–Crippen LogP) is 4.90. The summed E-state index contributed by atoms with van der Waals surface area (Å²) in [6, 6.07) is 9.18. The van der Waals surface area contributed by atoms with E-state index in [2.05, 4.69) is 12.2 Å². The molecule has 0 spiro atoms. The summed E-state index contributed by atoms with van der Waals surface area (Å²) < 4.78 is 11.4. The van der Waals surface area contributed by atoms with Crippen LogP contribution in [0.4, 0.5) is 5.69 Å². The zero-order valence-corrected chi connectivity index (χ0v) is 19.5. The monoisotopic (exact) mass is 426 g/mol. The number of likely N-dealkylation sites (N-methyl/N-ethyl adjacent to an activating group) is 1. The molecular weight excluding hydrogens is 392 g/mol. The van der Waals surface area contributed by atoms with Gasteiger partial charge in [0.25, 0.3) is 5.91 Å². The van der Waals surface area contributed by atoms with Crippen molar-refractivity contribution in [2.24, 2.45) is 0 Å². The van der Waals surface area contributed by atoms with Gasteiger partial charge in [-0.1, -0.05) is 31.0 Å². The molecule has 0 fully saturated rings. The number of nitrogens with one attached hydrogen (secondary N) is 1. The molecule has 1 N–H and O–H groups in total. The minimum absolute atomic E-state index is 0.0513. The fraction of sp³-hybridized carbons (Fsp3) is 0.440. The first-order valence-electron chi connectivity index (χ1n) is 10.8. The third kappa shape index (κ3) is 6.74. The molecular formula is C25H34N2O4. The van der Waals surface area contributed by atoms with Crippen molar-refractivity contribution in [3.05, 3.63) is 52.6 Å². The van der Waals surface area contributed by atoms with E-state index in [1.165, 1.54) is 4.90 Å². The molecule has 2 aromatic carbocycles. The number of carbonyl (C=O) groups excluding carboxylic acids is 2. The zero-order chi connectivity index (χ0) is 23.0. The molecule has 2 amide bonds. The van der Waals surface area contributed by atoms with Gasteiger partial charge >= 0.3 is 0 Å². The lowest BCUT2D eigenvalue weighted by molar-refractivity contribution is -0.116. The number of nitrogens with zero attached hydrogens (tertiary/aromatic N) is 1. The number of aryl methyl sites for hydroxylation is 3. The lowest BCUT2D eigenvalue weighted by atomic mass is 10.1. The van der Waals surface area contributed by atoms with Crippen LogP contribution in [-0.2, 0) is 4.79 Å². The van der Waals surface area contributed by atoms with Crippen LogP contribution in [0.5, 0.6) is 11.5 Å². The maximum Gasteiger partial charge on any atom is 0.254 e. The summed E-state index contributed by atoms with van der Waals surface area (Å²) in [6.07, 6.45) is 1.99. The van der Waals surface area contributed by atoms with Crippen molar-refractivity contribution in [3.63, 3.8) is 0 Å². The van der Waals surface area contributed by atoms with Gasteiger partial charge in [-0.15, -0.1) is 0 Å². The largest absolute Gasteiger partial charge is 0.490 e. The Balaban J connectivity index is 2.08. The highest BCUT2D eigenvalue weighted by molar-refractivity contribution is 6.00. The molecule has 0 bridgehead atoms. The molecule has 2 aromatic rings. The van der Waals surface area contributed by atoms with Gasteiger partial charge in [0.05, 0.1) is 19.8 Å². The molecule has 0 heterocycles. The second-order valence-electron chi connectivity index (χ2n) is 7.78. The summed E-state index contributed by atoms with van der Waals surface area (Å²) in [5.74, 6) is 0.662. The molecule has 2 rings (SSSR count). The Labute approximate surface area is 185 Å². The van der Waals surface area contributed by atoms with Crippen molar-refractivity contribution < 1.29 is 19.1 Å². The van der Waals surface area contributed by atoms with E-state index in [-0.39, 0.29) is 18.4 Å². The summed E-state index contributed by atoms with van der Waals surface area (Å²) in [5.41, 5.74) is 4.39. The van der Waals surface area contributed by atoms with Gasteiger partial charge < -0.3 is 19.7 Å². The number of carbonyl (C=O) groups is 2. The smallest absolute Gasteiger partial charge is 0.254 e. The fourth-order valence-corrected chi connectivity index (χ4v) is 3.42. The topological polar surface area (TPSA) is 67.9 Å². The third-order valence-electron chi connectivity index (χ3n) is 4.91. The molecule has 31 heavy (non-hydrogen) atoms. The molecule has 168 valence electrons. The van der Waals surface area contributed by atoms with E-state index >= 15 is 0 Å². The number of rotatable bonds is 10. The maximum atomic E-state index is 12.9. The summed E-state index contributed by atoms with van der Waals surface area (Å²) in [4.78, 5) is 26.9. The zero-order valence-electron chi connectivity index (χ0n) is 19.5. The highest BCUT2D eigenvalue weighted by atomic mass is 16.5. The molecule has 6 heteroatoms. The predicted molar refractivity (Wildman–Crippen MR) is 124 cm³/mol. The first-order chi connectivity index (χ1) is 14.8. The van der Waals surface area contributed by atoms with Crippen LogP contribution in [0.25, 0.3) is 0 Å². The number of unbranched alkanes of at least 4 members (excludes halogenated alkanes) is 1. The third-order valence-corrected chi connectivity index (χ3v) is 4.91. The number of amides is 2. The van der Waals surface area contributed by atoms with Crippen LogP contribution in [0.3, 0.4) is 0 Å². The Hall–Kier alpha value is -3.02. The van der Waals surface area contributed by atoms with Crippen LogP contribution in [0.15, 0.2) is 30.3 Å². The van der Waals surface area contributed by atoms with Gasteiger partial charge in [-0.3, -0.25) is 9.59 Å². The van der Waals surface area contributed by atoms with Crippen LogP contribution >= 0.6 is 0 Å². The molecule has 0 unspecified atom stereocenters. The lowest BCUT2D eigenvalue weighted by Gasteiger charge is -2.19. The van der Waals surface area contributed by atoms with Crippen molar-refractivity contribution >= 4 is 17.5 Å². The van der Waals surface area contributed by atoms with Crippen molar-refractivity contribution in [2.75, 3.05) is 32.1 Å². The van der Waals surface area contributed by atoms with E-state index in [4.69, 9.17) is 9.47 Å². The Morgan fingerprint density at radius 2 is 1.65 bits per heavy atom. The fourth-order valence-electron chi connectivity index (χ4n) is 3.42. The van der Waals surface area contributed by atoms with E-state index in [0.717, 1.165) is 35.2 Å². The normalized spacial score (nSPS) is 10.5. The van der Waals surface area contributed by atoms with Gasteiger partial charge in [-0.05, 0) is 63.4 Å². The quantitative estimate of drug-likeness (QED) is 0.549. The minimum atomic E-state index is -0.256. The molecule has 0 aliphatic heterocycles. The van der Waals surface area contributed by atoms with Gasteiger partial charge in [-0.2, -0.15) is 0 Å². The highest BCUT2D eigenvalue weighted by Crippen LogP contribution is 2.29. The van der Waals surface area contributed by atoms with E-state index in [1.807, 2.05) is 39.8 Å². The highest BCUT2D eigenvalue weighted by Gasteiger charge is 2.18. The Kier molecular flexibility index (Phi) is 8.91. The van der Waals surface area contributed by atoms with Crippen LogP contribution < -0.4 is 14.8 Å². The van der Waals surface area contributed by atoms with Crippen molar-refractivity contribution in [1.29, 1.82) is 0 Å². The number of ether oxygens (including phenoxy) is 2. The second-order valence-corrected chi connectivity index (χ2v) is 7.78. The Morgan fingerprint density at radius 3 is 2.26 bits per heavy atom. The maximum absolute atomic E-state index is 12.9. The molecule has 0 aliphatic carbocycles. The summed E-state index contributed by atoms with van der Waals surface area (Å²) in [6.45, 7) is 10.9. The van der Waals surface area contributed by atoms with Crippen LogP contribution in [0, 0.1) is 20.8 Å². The van der Waals surface area contributed by atoms with Gasteiger partial charge in [0, 0.05) is 18.3 Å². The SMILES string of the molecule is CCCCOc1ccc(C(=O)N(C)CC(=O)Nc2c(C)cc(C)cc2C)cc1OCC. The first-order valence-corrected chi connectivity index (χ1v) is 10.8. The minimum Gasteiger partial charge on any atom is -0.490 e. The van der Waals surface area contributed by atoms with E-state index in [1.54, 1.807) is 25.2 Å². The molecule has 0 aromatic heterocycles. The first kappa shape index (κ1) is 24.3. The van der Waals surface area contributed by atoms with Crippen LogP contribution in [-0.4, -0.2) is 43.5 Å². The average Bonchev–Trinajstić information content (AvgIpc) is 2.71. The van der Waals surface area contributed by atoms with E-state index in [9.17, 15) is 9.59 Å². The van der Waals surface area contributed by atoms with Crippen LogP contribution in [0.2, 0.25) is 0 Å². The van der Waals surface area contributed by atoms with E-state index in [0.29, 0.717) is 30.3 Å². The standard InChI is InChI=1S/C25H34N2O4/c1-7-9-12-31-21-11-10-20(15-22(21)30-8-2)25(29)27(6)16-23(28)26-24-18(4)13-17(3)14-19(24)5/h10-11,13-15H,7-9,12,16H2,1-6H3,(H,26,28). The number of anilines is 1. The van der Waals surface area contributed by atoms with Crippen molar-refractivity contribution in [3.8, 4) is 11.5 Å². The van der Waals surface area contributed by atoms with Crippen molar-refractivity contribution in [1.82, 2.24) is 4.90 Å². The summed E-state index contributed by atoms with van der Waals surface area (Å²) in [5, 5.41) is 2.93. The molecule has 0 saturated carbocycles. The van der Waals surface area contributed by atoms with Gasteiger partial charge in [0.2, 0.25) is 5.91 Å². The molecule has 0 aliphatic rings. The van der Waals surface area contributed by atoms with Gasteiger partial charge in [-0.25, -0.2) is 0 Å². The van der Waals surface area contributed by atoms with Gasteiger partial charge in [0.15, 0.2) is 11.5 Å². The molecule has 0 radical (unpaired) electrons. The Morgan fingerprint density at radius 1 is 0.968 bits per heavy atom. The Bertz CT molecular complexity index is 901. The number of hydrogen-bond acceptors (Lipinski definition) is 4. The van der Waals surface area contributed by atoms with Crippen molar-refractivity contribution in [2.45, 2.75) is 47.5 Å². The number of hydrogen-bond donors (Lipinski definition) is 1. The summed E-state index contributed by atoms with van der Waals surface area (Å²) >= 11 is 0. The summed E-state index contributed by atoms with van der Waals surface area (Å²) in [7, 11) is 1.61. The molecule has 0 saturated heterocycles. The van der Waals surface area contributed by atoms with E-state index < -0.39 is 0 Å². The van der Waals surface area contributed by atoms with Gasteiger partial charge in [0.1, 0.15) is 0 Å².